The molecule has 9 heteroatoms. The molecule has 2 aliphatic heterocycles. The van der Waals surface area contributed by atoms with Crippen LogP contribution in [0.15, 0.2) is 30.2 Å². The molecule has 7 nitrogen and oxygen atoms in total. The molecule has 1 atom stereocenters. The van der Waals surface area contributed by atoms with Crippen LogP contribution in [-0.4, -0.2) is 59.8 Å². The van der Waals surface area contributed by atoms with E-state index in [0.29, 0.717) is 36.5 Å². The fraction of sp³-hybridized carbons (Fsp3) is 0.400. The number of pyridine rings is 1. The predicted molar refractivity (Wildman–Crippen MR) is 112 cm³/mol. The second-order valence-corrected chi connectivity index (χ2v) is 8.09. The zero-order valence-electron chi connectivity index (χ0n) is 16.2. The van der Waals surface area contributed by atoms with E-state index in [-0.39, 0.29) is 5.91 Å². The fourth-order valence-corrected chi connectivity index (χ4v) is 4.73. The van der Waals surface area contributed by atoms with E-state index in [2.05, 4.69) is 15.3 Å². The highest BCUT2D eigenvalue weighted by Crippen LogP contribution is 2.33. The van der Waals surface area contributed by atoms with Gasteiger partial charge in [0.05, 0.1) is 17.9 Å². The van der Waals surface area contributed by atoms with Crippen molar-refractivity contribution < 1.29 is 9.18 Å². The molecule has 0 radical (unpaired) electrons. The molecule has 4 rings (SSSR count). The minimum Gasteiger partial charge on any atom is -0.392 e. The lowest BCUT2D eigenvalue weighted by molar-refractivity contribution is 0.0804. The molecule has 4 heterocycles. The van der Waals surface area contributed by atoms with Crippen molar-refractivity contribution in [2.75, 3.05) is 31.6 Å². The molecule has 1 amide bonds. The molecule has 0 bridgehead atoms. The number of nitrogens with one attached hydrogen (secondary N) is 2. The highest BCUT2D eigenvalue weighted by molar-refractivity contribution is 7.17. The van der Waals surface area contributed by atoms with Crippen molar-refractivity contribution in [2.45, 2.75) is 25.4 Å². The number of nitrogens with zero attached hydrogens (tertiary/aromatic N) is 4. The lowest BCUT2D eigenvalue weighted by Gasteiger charge is -2.29. The number of aromatic nitrogens is 2. The number of hydrogen-bond acceptors (Lipinski definition) is 7. The van der Waals surface area contributed by atoms with Crippen molar-refractivity contribution in [1.29, 1.82) is 5.41 Å². The second kappa shape index (κ2) is 8.28. The van der Waals surface area contributed by atoms with E-state index in [9.17, 15) is 9.18 Å². The van der Waals surface area contributed by atoms with E-state index < -0.39 is 6.17 Å². The van der Waals surface area contributed by atoms with E-state index in [1.165, 1.54) is 17.6 Å². The largest absolute Gasteiger partial charge is 0.392 e. The highest BCUT2D eigenvalue weighted by atomic mass is 32.1. The van der Waals surface area contributed by atoms with Crippen molar-refractivity contribution >= 4 is 29.3 Å². The Morgan fingerprint density at radius 3 is 2.97 bits per heavy atom. The van der Waals surface area contributed by atoms with Gasteiger partial charge in [-0.3, -0.25) is 4.79 Å². The van der Waals surface area contributed by atoms with Crippen molar-refractivity contribution in [3.05, 3.63) is 40.8 Å². The maximum Gasteiger partial charge on any atom is 0.270 e. The molecular formula is C20H23FN6OS. The Balaban J connectivity index is 1.55. The van der Waals surface area contributed by atoms with Crippen LogP contribution < -0.4 is 10.2 Å². The van der Waals surface area contributed by atoms with Crippen LogP contribution in [0.5, 0.6) is 0 Å². The Bertz CT molecular complexity index is 941. The van der Waals surface area contributed by atoms with Crippen LogP contribution in [0.4, 0.5) is 10.2 Å². The predicted octanol–water partition coefficient (Wildman–Crippen LogP) is 2.85. The smallest absolute Gasteiger partial charge is 0.270 e. The molecule has 1 saturated heterocycles. The first kappa shape index (κ1) is 19.5. The lowest BCUT2D eigenvalue weighted by atomic mass is 10.1. The van der Waals surface area contributed by atoms with Crippen LogP contribution in [0.25, 0.3) is 10.6 Å². The van der Waals surface area contributed by atoms with Crippen LogP contribution in [0, 0.1) is 5.41 Å². The number of anilines is 1. The van der Waals surface area contributed by atoms with E-state index in [1.807, 2.05) is 17.0 Å². The molecule has 0 aromatic carbocycles. The summed E-state index contributed by atoms with van der Waals surface area (Å²) in [7, 11) is 1.74. The Hall–Kier alpha value is -2.81. The number of rotatable bonds is 5. The minimum atomic E-state index is -0.798. The molecular weight excluding hydrogens is 391 g/mol. The number of halogens is 1. The van der Waals surface area contributed by atoms with Gasteiger partial charge in [-0.1, -0.05) is 0 Å². The monoisotopic (exact) mass is 414 g/mol. The van der Waals surface area contributed by atoms with Gasteiger partial charge in [-0.2, -0.15) is 0 Å². The molecule has 0 spiro atoms. The van der Waals surface area contributed by atoms with Crippen molar-refractivity contribution in [1.82, 2.24) is 20.2 Å². The van der Waals surface area contributed by atoms with Gasteiger partial charge in [-0.25, -0.2) is 14.4 Å². The van der Waals surface area contributed by atoms with E-state index in [0.717, 1.165) is 35.0 Å². The maximum atomic E-state index is 13.7. The van der Waals surface area contributed by atoms with Crippen LogP contribution in [-0.2, 0) is 6.42 Å². The molecule has 2 aromatic rings. The van der Waals surface area contributed by atoms with Gasteiger partial charge in [0.15, 0.2) is 0 Å². The molecule has 1 unspecified atom stereocenters. The molecule has 29 heavy (non-hydrogen) atoms. The Morgan fingerprint density at radius 2 is 2.28 bits per heavy atom. The average molecular weight is 415 g/mol. The van der Waals surface area contributed by atoms with Crippen LogP contribution in [0.2, 0.25) is 0 Å². The standard InChI is InChI=1S/C20H23FN6OS/c1-23-11-15(9-22)27-8-6-16-18(20(27)28)29-19(25-16)13-4-5-17(24-10-13)26-7-2-3-14(21)12-26/h4-5,9-11,14,22-23H,2-3,6-8,12H2,1H3/b15-11+,22-9?. The summed E-state index contributed by atoms with van der Waals surface area (Å²) in [6.45, 7) is 1.70. The van der Waals surface area contributed by atoms with Gasteiger partial charge < -0.3 is 20.5 Å². The quantitative estimate of drug-likeness (QED) is 0.735. The van der Waals surface area contributed by atoms with Gasteiger partial charge in [0.1, 0.15) is 21.9 Å². The van der Waals surface area contributed by atoms with Gasteiger partial charge in [-0.15, -0.1) is 11.3 Å². The summed E-state index contributed by atoms with van der Waals surface area (Å²) in [5, 5.41) is 11.2. The van der Waals surface area contributed by atoms with Gasteiger partial charge in [0, 0.05) is 50.7 Å². The van der Waals surface area contributed by atoms with Gasteiger partial charge >= 0.3 is 0 Å². The summed E-state index contributed by atoms with van der Waals surface area (Å²) in [4.78, 5) is 26.2. The highest BCUT2D eigenvalue weighted by Gasteiger charge is 2.30. The van der Waals surface area contributed by atoms with Crippen LogP contribution in [0.1, 0.15) is 28.2 Å². The molecule has 2 aliphatic rings. The number of amides is 1. The normalized spacial score (nSPS) is 19.9. The van der Waals surface area contributed by atoms with Crippen molar-refractivity contribution in [3.8, 4) is 10.6 Å². The SMILES string of the molecule is CN/C=C(\C=N)N1CCc2nc(-c3ccc(N4CCCC(F)C4)nc3)sc2C1=O. The fourth-order valence-electron chi connectivity index (χ4n) is 3.68. The summed E-state index contributed by atoms with van der Waals surface area (Å²) in [6.07, 6.45) is 5.86. The number of carbonyl (C=O) groups excluding carboxylic acids is 1. The van der Waals surface area contributed by atoms with Crippen LogP contribution >= 0.6 is 11.3 Å². The summed E-state index contributed by atoms with van der Waals surface area (Å²) >= 11 is 1.35. The van der Waals surface area contributed by atoms with Gasteiger partial charge in [0.25, 0.3) is 5.91 Å². The number of carbonyl (C=O) groups is 1. The lowest BCUT2D eigenvalue weighted by Crippen LogP contribution is -2.37. The number of allylic oxidation sites excluding steroid dienone is 1. The first-order chi connectivity index (χ1) is 14.1. The van der Waals surface area contributed by atoms with Crippen molar-refractivity contribution in [2.24, 2.45) is 0 Å². The zero-order chi connectivity index (χ0) is 20.4. The van der Waals surface area contributed by atoms with E-state index >= 15 is 0 Å². The first-order valence-corrected chi connectivity index (χ1v) is 10.5. The van der Waals surface area contributed by atoms with Crippen LogP contribution in [0.3, 0.4) is 0 Å². The summed E-state index contributed by atoms with van der Waals surface area (Å²) in [5.41, 5.74) is 2.16. The Kier molecular flexibility index (Phi) is 5.57. The molecule has 1 fully saturated rings. The minimum absolute atomic E-state index is 0.133. The molecule has 0 aliphatic carbocycles. The second-order valence-electron chi connectivity index (χ2n) is 7.09. The maximum absolute atomic E-state index is 13.7. The third-order valence-corrected chi connectivity index (χ3v) is 6.28. The molecule has 152 valence electrons. The summed E-state index contributed by atoms with van der Waals surface area (Å²) in [5.74, 6) is 0.638. The zero-order valence-corrected chi connectivity index (χ0v) is 17.0. The molecule has 2 N–H and O–H groups in total. The third kappa shape index (κ3) is 3.87. The number of thiazole rings is 1. The first-order valence-electron chi connectivity index (χ1n) is 9.65. The Labute approximate surface area is 172 Å². The number of fused-ring (bicyclic) bond motifs is 1. The number of piperidine rings is 1. The summed E-state index contributed by atoms with van der Waals surface area (Å²) in [6, 6.07) is 3.82. The third-order valence-electron chi connectivity index (χ3n) is 5.14. The summed E-state index contributed by atoms with van der Waals surface area (Å²) < 4.78 is 13.7. The molecule has 2 aromatic heterocycles. The number of alkyl halides is 1. The van der Waals surface area contributed by atoms with E-state index in [1.54, 1.807) is 24.3 Å². The van der Waals surface area contributed by atoms with Gasteiger partial charge in [-0.05, 0) is 25.0 Å². The number of hydrogen-bond donors (Lipinski definition) is 2. The van der Waals surface area contributed by atoms with Crippen molar-refractivity contribution in [3.63, 3.8) is 0 Å². The van der Waals surface area contributed by atoms with E-state index in [4.69, 9.17) is 5.41 Å². The Morgan fingerprint density at radius 1 is 1.41 bits per heavy atom. The molecule has 0 saturated carbocycles. The topological polar surface area (TPSA) is 85.2 Å². The average Bonchev–Trinajstić information content (AvgIpc) is 3.18. The van der Waals surface area contributed by atoms with Gasteiger partial charge in [0.2, 0.25) is 0 Å².